The summed E-state index contributed by atoms with van der Waals surface area (Å²) in [5, 5.41) is 0. The highest BCUT2D eigenvalue weighted by atomic mass is 32.1. The van der Waals surface area contributed by atoms with Crippen LogP contribution in [-0.4, -0.2) is 38.8 Å². The summed E-state index contributed by atoms with van der Waals surface area (Å²) in [6, 6.07) is 4.29. The Labute approximate surface area is 155 Å². The molecular weight excluding hydrogens is 384 g/mol. The molecule has 3 heterocycles. The van der Waals surface area contributed by atoms with Crippen LogP contribution >= 0.6 is 11.3 Å². The van der Waals surface area contributed by atoms with Gasteiger partial charge in [0.1, 0.15) is 16.5 Å². The first-order valence-corrected chi connectivity index (χ1v) is 9.16. The summed E-state index contributed by atoms with van der Waals surface area (Å²) >= 11 is 0.703. The molecular formula is C17H14F4N4OS. The topological polar surface area (TPSA) is 61.9 Å². The van der Waals surface area contributed by atoms with Gasteiger partial charge in [0.25, 0.3) is 5.91 Å². The molecule has 0 aliphatic carbocycles. The van der Waals surface area contributed by atoms with Gasteiger partial charge in [-0.3, -0.25) is 4.79 Å². The van der Waals surface area contributed by atoms with Crippen LogP contribution in [0, 0.1) is 5.82 Å². The number of benzene rings is 1. The zero-order valence-electron chi connectivity index (χ0n) is 13.9. The van der Waals surface area contributed by atoms with Crippen LogP contribution in [0.2, 0.25) is 0 Å². The Hall–Kier alpha value is -2.49. The highest BCUT2D eigenvalue weighted by Crippen LogP contribution is 2.34. The van der Waals surface area contributed by atoms with Crippen LogP contribution < -0.4 is 0 Å². The second-order valence-corrected chi connectivity index (χ2v) is 7.23. The van der Waals surface area contributed by atoms with Crippen LogP contribution in [-0.2, 0) is 6.18 Å². The third-order valence-electron chi connectivity index (χ3n) is 4.66. The van der Waals surface area contributed by atoms with Gasteiger partial charge < -0.3 is 9.88 Å². The van der Waals surface area contributed by atoms with Gasteiger partial charge in [0.05, 0.1) is 16.5 Å². The fourth-order valence-electron chi connectivity index (χ4n) is 3.29. The quantitative estimate of drug-likeness (QED) is 0.659. The molecule has 5 nitrogen and oxygen atoms in total. The first kappa shape index (κ1) is 17.9. The van der Waals surface area contributed by atoms with Crippen molar-refractivity contribution in [1.82, 2.24) is 19.9 Å². The van der Waals surface area contributed by atoms with Crippen LogP contribution in [0.15, 0.2) is 23.7 Å². The van der Waals surface area contributed by atoms with Crippen LogP contribution in [0.3, 0.4) is 0 Å². The highest BCUT2D eigenvalue weighted by molar-refractivity contribution is 7.11. The predicted octanol–water partition coefficient (Wildman–Crippen LogP) is 4.20. The molecule has 4 rings (SSSR count). The van der Waals surface area contributed by atoms with Crippen LogP contribution in [0.4, 0.5) is 17.6 Å². The van der Waals surface area contributed by atoms with E-state index < -0.39 is 17.8 Å². The van der Waals surface area contributed by atoms with Crippen molar-refractivity contribution in [2.24, 2.45) is 0 Å². The number of hydrogen-bond acceptors (Lipinski definition) is 4. The van der Waals surface area contributed by atoms with Gasteiger partial charge in [-0.1, -0.05) is 0 Å². The first-order valence-electron chi connectivity index (χ1n) is 8.28. The maximum absolute atomic E-state index is 13.3. The first-order chi connectivity index (χ1) is 12.8. The van der Waals surface area contributed by atoms with Crippen LogP contribution in [0.5, 0.6) is 0 Å². The van der Waals surface area contributed by atoms with Crippen LogP contribution in [0.1, 0.15) is 39.9 Å². The van der Waals surface area contributed by atoms with E-state index in [1.165, 1.54) is 17.0 Å². The molecule has 1 N–H and O–H groups in total. The van der Waals surface area contributed by atoms with E-state index in [0.717, 1.165) is 5.51 Å². The minimum atomic E-state index is -4.65. The van der Waals surface area contributed by atoms with Crippen LogP contribution in [0.25, 0.3) is 11.0 Å². The number of imidazole rings is 1. The van der Waals surface area contributed by atoms with Gasteiger partial charge in [-0.2, -0.15) is 13.2 Å². The Morgan fingerprint density at radius 1 is 1.26 bits per heavy atom. The molecule has 0 bridgehead atoms. The number of carbonyl (C=O) groups is 1. The predicted molar refractivity (Wildman–Crippen MR) is 91.0 cm³/mol. The lowest BCUT2D eigenvalue weighted by molar-refractivity contribution is -0.141. The molecule has 0 unspecified atom stereocenters. The van der Waals surface area contributed by atoms with Crippen molar-refractivity contribution in [1.29, 1.82) is 0 Å². The van der Waals surface area contributed by atoms with E-state index >= 15 is 0 Å². The highest BCUT2D eigenvalue weighted by Gasteiger charge is 2.40. The molecule has 1 fully saturated rings. The molecule has 10 heteroatoms. The number of nitrogens with zero attached hydrogens (tertiary/aromatic N) is 3. The zero-order chi connectivity index (χ0) is 19.2. The Bertz CT molecular complexity index is 988. The second-order valence-electron chi connectivity index (χ2n) is 6.38. The van der Waals surface area contributed by atoms with Crippen molar-refractivity contribution >= 4 is 28.3 Å². The monoisotopic (exact) mass is 398 g/mol. The number of nitrogens with one attached hydrogen (secondary N) is 1. The van der Waals surface area contributed by atoms with E-state index in [1.807, 2.05) is 0 Å². The number of carbonyl (C=O) groups excluding carboxylic acids is 1. The fourth-order valence-corrected chi connectivity index (χ4v) is 4.07. The van der Waals surface area contributed by atoms with E-state index in [4.69, 9.17) is 0 Å². The standard InChI is InChI=1S/C17H14F4N4OS/c18-10-1-2-11-12(7-10)24-15(23-11)9-3-5-25(6-4-9)16(26)13-14(17(19,20)21)22-8-27-13/h1-2,7-9H,3-6H2,(H,23,24). The van der Waals surface area contributed by atoms with Gasteiger partial charge in [0.2, 0.25) is 0 Å². The van der Waals surface area contributed by atoms with E-state index in [2.05, 4.69) is 15.0 Å². The molecule has 0 spiro atoms. The Kier molecular flexibility index (Phi) is 4.37. The summed E-state index contributed by atoms with van der Waals surface area (Å²) < 4.78 is 52.2. The van der Waals surface area contributed by atoms with Crippen molar-refractivity contribution < 1.29 is 22.4 Å². The Morgan fingerprint density at radius 3 is 2.70 bits per heavy atom. The lowest BCUT2D eigenvalue weighted by atomic mass is 9.96. The molecule has 0 saturated carbocycles. The summed E-state index contributed by atoms with van der Waals surface area (Å²) in [4.78, 5) is 24.4. The van der Waals surface area contributed by atoms with Gasteiger partial charge in [0, 0.05) is 19.0 Å². The third-order valence-corrected chi connectivity index (χ3v) is 5.48. The molecule has 2 aromatic heterocycles. The average molecular weight is 398 g/mol. The molecule has 1 aliphatic heterocycles. The van der Waals surface area contributed by atoms with Crippen molar-refractivity contribution in [3.63, 3.8) is 0 Å². The lowest BCUT2D eigenvalue weighted by Gasteiger charge is -2.31. The minimum absolute atomic E-state index is 0.0352. The molecule has 1 aromatic carbocycles. The Balaban J connectivity index is 1.47. The number of hydrogen-bond donors (Lipinski definition) is 1. The number of aromatic amines is 1. The number of alkyl halides is 3. The van der Waals surface area contributed by atoms with Gasteiger partial charge in [0.15, 0.2) is 5.69 Å². The van der Waals surface area contributed by atoms with Gasteiger partial charge in [-0.15, -0.1) is 11.3 Å². The number of halogens is 4. The number of amides is 1. The normalized spacial score (nSPS) is 16.2. The largest absolute Gasteiger partial charge is 0.434 e. The number of aromatic nitrogens is 3. The summed E-state index contributed by atoms with van der Waals surface area (Å²) in [7, 11) is 0. The molecule has 27 heavy (non-hydrogen) atoms. The number of thiazole rings is 1. The number of fused-ring (bicyclic) bond motifs is 1. The van der Waals surface area contributed by atoms with Crippen molar-refractivity contribution in [2.75, 3.05) is 13.1 Å². The summed E-state index contributed by atoms with van der Waals surface area (Å²) in [6.07, 6.45) is -3.52. The summed E-state index contributed by atoms with van der Waals surface area (Å²) in [5.74, 6) is -0.261. The fraction of sp³-hybridized carbons (Fsp3) is 0.353. The molecule has 142 valence electrons. The van der Waals surface area contributed by atoms with E-state index in [1.54, 1.807) is 6.07 Å². The zero-order valence-corrected chi connectivity index (χ0v) is 14.7. The number of likely N-dealkylation sites (tertiary alicyclic amines) is 1. The average Bonchev–Trinajstić information content (AvgIpc) is 3.27. The van der Waals surface area contributed by atoms with E-state index in [0.29, 0.717) is 54.1 Å². The Morgan fingerprint density at radius 2 is 2.00 bits per heavy atom. The number of H-pyrrole nitrogens is 1. The van der Waals surface area contributed by atoms with Gasteiger partial charge >= 0.3 is 6.18 Å². The number of piperidine rings is 1. The molecule has 1 amide bonds. The molecule has 0 atom stereocenters. The van der Waals surface area contributed by atoms with E-state index in [9.17, 15) is 22.4 Å². The van der Waals surface area contributed by atoms with Gasteiger partial charge in [-0.25, -0.2) is 14.4 Å². The smallest absolute Gasteiger partial charge is 0.342 e. The molecule has 3 aromatic rings. The maximum Gasteiger partial charge on any atom is 0.434 e. The third kappa shape index (κ3) is 3.41. The SMILES string of the molecule is O=C(c1scnc1C(F)(F)F)N1CCC(c2nc3ccc(F)cc3[nH]2)CC1. The van der Waals surface area contributed by atoms with E-state index in [-0.39, 0.29) is 16.6 Å². The van der Waals surface area contributed by atoms with Crippen molar-refractivity contribution in [3.8, 4) is 0 Å². The summed E-state index contributed by atoms with van der Waals surface area (Å²) in [5.41, 5.74) is 1.17. The second kappa shape index (κ2) is 6.59. The van der Waals surface area contributed by atoms with Crippen molar-refractivity contribution in [3.05, 3.63) is 45.9 Å². The molecule has 0 radical (unpaired) electrons. The van der Waals surface area contributed by atoms with Crippen molar-refractivity contribution in [2.45, 2.75) is 24.9 Å². The molecule has 1 saturated heterocycles. The molecule has 1 aliphatic rings. The summed E-state index contributed by atoms with van der Waals surface area (Å²) in [6.45, 7) is 0.647. The lowest BCUT2D eigenvalue weighted by Crippen LogP contribution is -2.38. The number of rotatable bonds is 2. The maximum atomic E-state index is 13.3. The minimum Gasteiger partial charge on any atom is -0.342 e. The van der Waals surface area contributed by atoms with Gasteiger partial charge in [-0.05, 0) is 31.0 Å².